The number of aryl methyl sites for hydroxylation is 1. The van der Waals surface area contributed by atoms with Crippen molar-refractivity contribution in [2.45, 2.75) is 18.4 Å². The van der Waals surface area contributed by atoms with Crippen molar-refractivity contribution in [3.8, 4) is 0 Å². The molecule has 2 nitrogen and oxygen atoms in total. The van der Waals surface area contributed by atoms with Gasteiger partial charge in [-0.05, 0) is 36.2 Å². The van der Waals surface area contributed by atoms with E-state index < -0.39 is 0 Å². The van der Waals surface area contributed by atoms with Gasteiger partial charge in [0.2, 0.25) is 5.91 Å². The van der Waals surface area contributed by atoms with E-state index >= 15 is 0 Å². The van der Waals surface area contributed by atoms with Crippen molar-refractivity contribution in [1.82, 2.24) is 4.90 Å². The minimum atomic E-state index is 0.114. The summed E-state index contributed by atoms with van der Waals surface area (Å²) in [5.74, 6) is 0.560. The number of thioether (sulfide) groups is 1. The van der Waals surface area contributed by atoms with Crippen LogP contribution in [0.5, 0.6) is 0 Å². The van der Waals surface area contributed by atoms with Gasteiger partial charge >= 0.3 is 0 Å². The second-order valence-corrected chi connectivity index (χ2v) is 6.39. The number of halogens is 1. The van der Waals surface area contributed by atoms with Crippen LogP contribution in [-0.2, 0) is 11.3 Å². The second kappa shape index (κ2) is 7.53. The number of nitrogens with zero attached hydrogens (tertiary/aromatic N) is 1. The maximum Gasteiger partial charge on any atom is 0.232 e. The predicted octanol–water partition coefficient (Wildman–Crippen LogP) is 4.40. The highest BCUT2D eigenvalue weighted by Gasteiger charge is 2.10. The van der Waals surface area contributed by atoms with Crippen molar-refractivity contribution < 1.29 is 4.79 Å². The normalized spacial score (nSPS) is 10.4. The van der Waals surface area contributed by atoms with E-state index in [4.69, 9.17) is 11.6 Å². The topological polar surface area (TPSA) is 20.3 Å². The molecule has 0 aromatic heterocycles. The summed E-state index contributed by atoms with van der Waals surface area (Å²) < 4.78 is 0. The molecular formula is C17H18ClNOS. The molecule has 0 radical (unpaired) electrons. The molecule has 0 N–H and O–H groups in total. The van der Waals surface area contributed by atoms with E-state index in [2.05, 4.69) is 13.0 Å². The van der Waals surface area contributed by atoms with E-state index in [1.54, 1.807) is 16.7 Å². The fourth-order valence-electron chi connectivity index (χ4n) is 1.97. The van der Waals surface area contributed by atoms with Gasteiger partial charge in [-0.25, -0.2) is 0 Å². The predicted molar refractivity (Wildman–Crippen MR) is 89.8 cm³/mol. The first-order valence-electron chi connectivity index (χ1n) is 6.73. The van der Waals surface area contributed by atoms with Crippen molar-refractivity contribution in [1.29, 1.82) is 0 Å². The molecule has 0 saturated carbocycles. The Labute approximate surface area is 135 Å². The molecule has 1 amide bonds. The SMILES string of the molecule is Cc1ccccc1SCC(=O)N(C)Cc1cccc(Cl)c1. The first kappa shape index (κ1) is 15.9. The quantitative estimate of drug-likeness (QED) is 0.761. The first-order chi connectivity index (χ1) is 10.1. The van der Waals surface area contributed by atoms with Crippen LogP contribution in [0.1, 0.15) is 11.1 Å². The van der Waals surface area contributed by atoms with E-state index in [0.29, 0.717) is 17.3 Å². The van der Waals surface area contributed by atoms with Crippen LogP contribution >= 0.6 is 23.4 Å². The Morgan fingerprint density at radius 2 is 1.95 bits per heavy atom. The van der Waals surface area contributed by atoms with Crippen LogP contribution in [0.25, 0.3) is 0 Å². The molecule has 0 heterocycles. The van der Waals surface area contributed by atoms with Crippen LogP contribution in [-0.4, -0.2) is 23.6 Å². The smallest absolute Gasteiger partial charge is 0.232 e. The van der Waals surface area contributed by atoms with Crippen molar-refractivity contribution in [2.24, 2.45) is 0 Å². The fourth-order valence-corrected chi connectivity index (χ4v) is 3.15. The fraction of sp³-hybridized carbons (Fsp3) is 0.235. The zero-order valence-electron chi connectivity index (χ0n) is 12.2. The molecule has 0 fully saturated rings. The van der Waals surface area contributed by atoms with Crippen molar-refractivity contribution in [3.05, 3.63) is 64.7 Å². The molecule has 0 bridgehead atoms. The van der Waals surface area contributed by atoms with Gasteiger partial charge in [-0.2, -0.15) is 0 Å². The lowest BCUT2D eigenvalue weighted by molar-refractivity contribution is -0.127. The van der Waals surface area contributed by atoms with Crippen LogP contribution in [0.2, 0.25) is 5.02 Å². The molecule has 0 unspecified atom stereocenters. The summed E-state index contributed by atoms with van der Waals surface area (Å²) in [5.41, 5.74) is 2.24. The zero-order chi connectivity index (χ0) is 15.2. The first-order valence-corrected chi connectivity index (χ1v) is 8.09. The van der Waals surface area contributed by atoms with Crippen molar-refractivity contribution >= 4 is 29.3 Å². The van der Waals surface area contributed by atoms with Gasteiger partial charge in [-0.3, -0.25) is 4.79 Å². The van der Waals surface area contributed by atoms with Gasteiger partial charge < -0.3 is 4.90 Å². The maximum atomic E-state index is 12.2. The number of benzene rings is 2. The van der Waals surface area contributed by atoms with Crippen LogP contribution in [0, 0.1) is 6.92 Å². The Kier molecular flexibility index (Phi) is 5.71. The summed E-state index contributed by atoms with van der Waals surface area (Å²) in [7, 11) is 1.82. The number of carbonyl (C=O) groups is 1. The minimum absolute atomic E-state index is 0.114. The zero-order valence-corrected chi connectivity index (χ0v) is 13.7. The number of amides is 1. The highest BCUT2D eigenvalue weighted by atomic mass is 35.5. The molecule has 4 heteroatoms. The third-order valence-corrected chi connectivity index (χ3v) is 4.57. The highest BCUT2D eigenvalue weighted by molar-refractivity contribution is 8.00. The summed E-state index contributed by atoms with van der Waals surface area (Å²) >= 11 is 7.54. The molecule has 2 aromatic rings. The molecule has 110 valence electrons. The monoisotopic (exact) mass is 319 g/mol. The highest BCUT2D eigenvalue weighted by Crippen LogP contribution is 2.22. The van der Waals surface area contributed by atoms with Crippen LogP contribution in [0.15, 0.2) is 53.4 Å². The van der Waals surface area contributed by atoms with Gasteiger partial charge in [-0.1, -0.05) is 41.9 Å². The van der Waals surface area contributed by atoms with Gasteiger partial charge in [0.05, 0.1) is 5.75 Å². The molecule has 0 saturated heterocycles. The largest absolute Gasteiger partial charge is 0.341 e. The van der Waals surface area contributed by atoms with Gasteiger partial charge in [-0.15, -0.1) is 11.8 Å². The maximum absolute atomic E-state index is 12.2. The lowest BCUT2D eigenvalue weighted by atomic mass is 10.2. The molecule has 0 aliphatic heterocycles. The third-order valence-electron chi connectivity index (χ3n) is 3.18. The Morgan fingerprint density at radius 1 is 1.19 bits per heavy atom. The summed E-state index contributed by atoms with van der Waals surface area (Å²) in [4.78, 5) is 15.1. The van der Waals surface area contributed by atoms with E-state index in [0.717, 1.165) is 10.5 Å². The summed E-state index contributed by atoms with van der Waals surface area (Å²) in [6.07, 6.45) is 0. The van der Waals surface area contributed by atoms with E-state index in [1.165, 1.54) is 5.56 Å². The third kappa shape index (κ3) is 4.80. The molecule has 0 aliphatic rings. The van der Waals surface area contributed by atoms with Gasteiger partial charge in [0.25, 0.3) is 0 Å². The lowest BCUT2D eigenvalue weighted by Crippen LogP contribution is -2.27. The molecule has 2 aromatic carbocycles. The number of hydrogen-bond acceptors (Lipinski definition) is 2. The Balaban J connectivity index is 1.90. The Morgan fingerprint density at radius 3 is 2.67 bits per heavy atom. The van der Waals surface area contributed by atoms with Gasteiger partial charge in [0.15, 0.2) is 0 Å². The molecule has 21 heavy (non-hydrogen) atoms. The Bertz CT molecular complexity index is 630. The second-order valence-electron chi connectivity index (χ2n) is 4.93. The summed E-state index contributed by atoms with van der Waals surface area (Å²) in [6.45, 7) is 2.64. The van der Waals surface area contributed by atoms with Crippen molar-refractivity contribution in [3.63, 3.8) is 0 Å². The molecule has 2 rings (SSSR count). The van der Waals surface area contributed by atoms with Crippen LogP contribution in [0.3, 0.4) is 0 Å². The van der Waals surface area contributed by atoms with Crippen LogP contribution in [0.4, 0.5) is 0 Å². The summed E-state index contributed by atoms with van der Waals surface area (Å²) in [6, 6.07) is 15.7. The molecule has 0 aliphatic carbocycles. The average Bonchev–Trinajstić information content (AvgIpc) is 2.46. The molecule has 0 spiro atoms. The standard InChI is InChI=1S/C17H18ClNOS/c1-13-6-3-4-9-16(13)21-12-17(20)19(2)11-14-7-5-8-15(18)10-14/h3-10H,11-12H2,1-2H3. The lowest BCUT2D eigenvalue weighted by Gasteiger charge is -2.17. The minimum Gasteiger partial charge on any atom is -0.341 e. The molecular weight excluding hydrogens is 302 g/mol. The van der Waals surface area contributed by atoms with Crippen LogP contribution < -0.4 is 0 Å². The Hall–Kier alpha value is -1.45. The summed E-state index contributed by atoms with van der Waals surface area (Å²) in [5, 5.41) is 0.697. The van der Waals surface area contributed by atoms with E-state index in [-0.39, 0.29) is 5.91 Å². The number of carbonyl (C=O) groups excluding carboxylic acids is 1. The average molecular weight is 320 g/mol. The van der Waals surface area contributed by atoms with E-state index in [9.17, 15) is 4.79 Å². The van der Waals surface area contributed by atoms with E-state index in [1.807, 2.05) is 49.5 Å². The molecule has 0 atom stereocenters. The number of hydrogen-bond donors (Lipinski definition) is 0. The van der Waals surface area contributed by atoms with Gasteiger partial charge in [0.1, 0.15) is 0 Å². The van der Waals surface area contributed by atoms with Crippen molar-refractivity contribution in [2.75, 3.05) is 12.8 Å². The number of rotatable bonds is 5. The van der Waals surface area contributed by atoms with Gasteiger partial charge in [0, 0.05) is 23.5 Å².